The van der Waals surface area contributed by atoms with Gasteiger partial charge in [0.15, 0.2) is 0 Å². The Balaban J connectivity index is 0.000000255. The SMILES string of the molecule is C.C.CC(C)c1cc(C(C)C)c2ccccc2c1.CC(C)c1ccc2c(C(C)C)cccc2c1.CC(C)c1ccc2ccc(C(C)C)cc2c1. The van der Waals surface area contributed by atoms with E-state index in [0.717, 1.165) is 0 Å². The minimum absolute atomic E-state index is 0. The maximum atomic E-state index is 2.37. The lowest BCUT2D eigenvalue weighted by molar-refractivity contribution is 0.842. The molecule has 0 atom stereocenters. The monoisotopic (exact) mass is 669 g/mol. The summed E-state index contributed by atoms with van der Waals surface area (Å²) in [7, 11) is 0. The standard InChI is InChI=1S/3C16H20.2CH4/c1-11(2)14-7-5-13-6-8-15(12(3)4)10-16(13)9-14;1-11(2)13-8-9-16-14(10-13)6-5-7-15(16)12(3)4;1-11(2)14-9-13-7-5-6-8-15(13)16(10-14)12(3)4;;/h3*5-12H,1-4H3;2*1H4. The predicted octanol–water partition coefficient (Wildman–Crippen LogP) is 16.5. The molecule has 0 aliphatic rings. The molecule has 0 N–H and O–H groups in total. The third-order valence-corrected chi connectivity index (χ3v) is 9.65. The van der Waals surface area contributed by atoms with E-state index < -0.39 is 0 Å². The summed E-state index contributed by atoms with van der Waals surface area (Å²) in [5, 5.41) is 8.27. The lowest BCUT2D eigenvalue weighted by Crippen LogP contribution is -1.95. The topological polar surface area (TPSA) is 0 Å². The van der Waals surface area contributed by atoms with Gasteiger partial charge in [-0.15, -0.1) is 0 Å². The summed E-state index contributed by atoms with van der Waals surface area (Å²) in [5.41, 5.74) is 8.65. The first-order valence-electron chi connectivity index (χ1n) is 18.4. The summed E-state index contributed by atoms with van der Waals surface area (Å²) in [6, 6.07) is 40.5. The zero-order valence-electron chi connectivity index (χ0n) is 31.9. The first-order valence-corrected chi connectivity index (χ1v) is 18.4. The molecule has 0 fully saturated rings. The zero-order chi connectivity index (χ0) is 35.1. The third kappa shape index (κ3) is 10.6. The Labute approximate surface area is 307 Å². The summed E-state index contributed by atoms with van der Waals surface area (Å²) < 4.78 is 0. The van der Waals surface area contributed by atoms with Gasteiger partial charge in [0.25, 0.3) is 0 Å². The van der Waals surface area contributed by atoms with Gasteiger partial charge < -0.3 is 0 Å². The van der Waals surface area contributed by atoms with Crippen molar-refractivity contribution in [1.29, 1.82) is 0 Å². The van der Waals surface area contributed by atoms with Gasteiger partial charge in [0.1, 0.15) is 0 Å². The molecule has 0 nitrogen and oxygen atoms in total. The van der Waals surface area contributed by atoms with Crippen molar-refractivity contribution in [2.75, 3.05) is 0 Å². The van der Waals surface area contributed by atoms with Crippen molar-refractivity contribution in [3.8, 4) is 0 Å². The van der Waals surface area contributed by atoms with Gasteiger partial charge in [0, 0.05) is 0 Å². The molecule has 0 aliphatic carbocycles. The van der Waals surface area contributed by atoms with Crippen LogP contribution in [0.2, 0.25) is 0 Å². The van der Waals surface area contributed by atoms with E-state index in [1.54, 1.807) is 0 Å². The van der Waals surface area contributed by atoms with Crippen LogP contribution in [0, 0.1) is 0 Å². The average Bonchev–Trinajstić information content (AvgIpc) is 3.06. The highest BCUT2D eigenvalue weighted by atomic mass is 14.1. The number of rotatable bonds is 6. The maximum Gasteiger partial charge on any atom is -0.0149 e. The normalized spacial score (nSPS) is 11.2. The van der Waals surface area contributed by atoms with Crippen LogP contribution >= 0.6 is 0 Å². The van der Waals surface area contributed by atoms with Gasteiger partial charge in [0.2, 0.25) is 0 Å². The molecule has 0 heterocycles. The summed E-state index contributed by atoms with van der Waals surface area (Å²) in [6.07, 6.45) is 0. The van der Waals surface area contributed by atoms with E-state index in [4.69, 9.17) is 0 Å². The second-order valence-corrected chi connectivity index (χ2v) is 15.5. The van der Waals surface area contributed by atoms with Gasteiger partial charge in [0.05, 0.1) is 0 Å². The highest BCUT2D eigenvalue weighted by molar-refractivity contribution is 5.88. The molecule has 50 heavy (non-hydrogen) atoms. The van der Waals surface area contributed by atoms with E-state index in [0.29, 0.717) is 35.5 Å². The molecule has 0 bridgehead atoms. The Hall–Kier alpha value is -3.90. The van der Waals surface area contributed by atoms with E-state index in [2.05, 4.69) is 192 Å². The summed E-state index contributed by atoms with van der Waals surface area (Å²) in [5.74, 6) is 3.59. The van der Waals surface area contributed by atoms with Crippen molar-refractivity contribution in [2.24, 2.45) is 0 Å². The molecule has 0 saturated carbocycles. The Morgan fingerprint density at radius 3 is 1.16 bits per heavy atom. The predicted molar refractivity (Wildman–Crippen MR) is 230 cm³/mol. The largest absolute Gasteiger partial charge is 0.0776 e. The smallest absolute Gasteiger partial charge is 0.0149 e. The first-order chi connectivity index (χ1) is 22.8. The van der Waals surface area contributed by atoms with Gasteiger partial charge in [-0.25, -0.2) is 0 Å². The molecule has 0 spiro atoms. The maximum absolute atomic E-state index is 2.37. The van der Waals surface area contributed by atoms with Crippen molar-refractivity contribution in [3.63, 3.8) is 0 Å². The third-order valence-electron chi connectivity index (χ3n) is 9.65. The molecule has 6 aromatic rings. The Morgan fingerprint density at radius 1 is 0.280 bits per heavy atom. The minimum Gasteiger partial charge on any atom is -0.0776 e. The van der Waals surface area contributed by atoms with Crippen molar-refractivity contribution >= 4 is 32.3 Å². The second kappa shape index (κ2) is 18.9. The van der Waals surface area contributed by atoms with Crippen LogP contribution in [-0.4, -0.2) is 0 Å². The molecule has 0 aromatic heterocycles. The fourth-order valence-corrected chi connectivity index (χ4v) is 6.37. The Kier molecular flexibility index (Phi) is 16.0. The highest BCUT2D eigenvalue weighted by Gasteiger charge is 2.10. The van der Waals surface area contributed by atoms with Gasteiger partial charge in [-0.05, 0) is 101 Å². The molecule has 6 aromatic carbocycles. The zero-order valence-corrected chi connectivity index (χ0v) is 31.9. The summed E-state index contributed by atoms with van der Waals surface area (Å²) >= 11 is 0. The second-order valence-electron chi connectivity index (χ2n) is 15.5. The fraction of sp³-hybridized carbons (Fsp3) is 0.400. The number of fused-ring (bicyclic) bond motifs is 3. The van der Waals surface area contributed by atoms with E-state index in [1.807, 2.05) is 0 Å². The Bertz CT molecular complexity index is 1850. The van der Waals surface area contributed by atoms with Gasteiger partial charge in [-0.1, -0.05) is 207 Å². The van der Waals surface area contributed by atoms with E-state index in [1.165, 1.54) is 65.7 Å². The quantitative estimate of drug-likeness (QED) is 0.166. The molecule has 0 radical (unpaired) electrons. The van der Waals surface area contributed by atoms with Crippen LogP contribution in [0.5, 0.6) is 0 Å². The van der Waals surface area contributed by atoms with Crippen LogP contribution in [0.4, 0.5) is 0 Å². The van der Waals surface area contributed by atoms with E-state index in [-0.39, 0.29) is 14.9 Å². The molecule has 0 aliphatic heterocycles. The van der Waals surface area contributed by atoms with Crippen LogP contribution in [0.15, 0.2) is 109 Å². The summed E-state index contributed by atoms with van der Waals surface area (Å²) in [4.78, 5) is 0. The van der Waals surface area contributed by atoms with Crippen molar-refractivity contribution < 1.29 is 0 Å². The first kappa shape index (κ1) is 42.3. The highest BCUT2D eigenvalue weighted by Crippen LogP contribution is 2.31. The molecular weight excluding hydrogens is 601 g/mol. The van der Waals surface area contributed by atoms with E-state index >= 15 is 0 Å². The van der Waals surface area contributed by atoms with Crippen LogP contribution in [0.3, 0.4) is 0 Å². The average molecular weight is 669 g/mol. The molecule has 0 saturated heterocycles. The van der Waals surface area contributed by atoms with Crippen LogP contribution in [-0.2, 0) is 0 Å². The molecule has 0 unspecified atom stereocenters. The lowest BCUT2D eigenvalue weighted by Gasteiger charge is -2.14. The van der Waals surface area contributed by atoms with Gasteiger partial charge in [-0.3, -0.25) is 0 Å². The minimum atomic E-state index is 0. The number of benzene rings is 6. The van der Waals surface area contributed by atoms with Crippen molar-refractivity contribution in [2.45, 2.75) is 133 Å². The molecule has 0 heteroatoms. The summed E-state index contributed by atoms with van der Waals surface area (Å²) in [6.45, 7) is 27.0. The Morgan fingerprint density at radius 2 is 0.680 bits per heavy atom. The lowest BCUT2D eigenvalue weighted by atomic mass is 9.90. The number of hydrogen-bond donors (Lipinski definition) is 0. The molecule has 0 amide bonds. The fourth-order valence-electron chi connectivity index (χ4n) is 6.37. The molecular formula is C50H68. The van der Waals surface area contributed by atoms with Crippen LogP contribution < -0.4 is 0 Å². The van der Waals surface area contributed by atoms with Crippen molar-refractivity contribution in [3.05, 3.63) is 143 Å². The van der Waals surface area contributed by atoms with Crippen LogP contribution in [0.25, 0.3) is 32.3 Å². The van der Waals surface area contributed by atoms with Gasteiger partial charge in [-0.2, -0.15) is 0 Å². The molecule has 268 valence electrons. The van der Waals surface area contributed by atoms with Crippen molar-refractivity contribution in [1.82, 2.24) is 0 Å². The number of hydrogen-bond acceptors (Lipinski definition) is 0. The molecule has 6 rings (SSSR count). The van der Waals surface area contributed by atoms with Gasteiger partial charge >= 0.3 is 0 Å². The van der Waals surface area contributed by atoms with E-state index in [9.17, 15) is 0 Å². The van der Waals surface area contributed by atoms with Crippen LogP contribution in [0.1, 0.15) is 167 Å².